The van der Waals surface area contributed by atoms with Crippen LogP contribution in [0.1, 0.15) is 28.4 Å². The number of hydrogen-bond acceptors (Lipinski definition) is 5. The second kappa shape index (κ2) is 9.38. The number of ketones is 1. The Hall–Kier alpha value is -3.78. The van der Waals surface area contributed by atoms with Gasteiger partial charge in [0.2, 0.25) is 5.88 Å². The summed E-state index contributed by atoms with van der Waals surface area (Å²) in [5.41, 5.74) is 2.66. The predicted octanol–water partition coefficient (Wildman–Crippen LogP) is 4.34. The predicted molar refractivity (Wildman–Crippen MR) is 126 cm³/mol. The first kappa shape index (κ1) is 22.4. The van der Waals surface area contributed by atoms with Gasteiger partial charge in [-0.15, -0.1) is 0 Å². The Morgan fingerprint density at radius 3 is 2.30 bits per heavy atom. The Morgan fingerprint density at radius 1 is 1.00 bits per heavy atom. The molecule has 0 aliphatic carbocycles. The maximum atomic E-state index is 12.8. The van der Waals surface area contributed by atoms with Gasteiger partial charge in [-0.3, -0.25) is 4.79 Å². The number of rotatable bonds is 8. The van der Waals surface area contributed by atoms with Crippen LogP contribution in [0.2, 0.25) is 0 Å². The van der Waals surface area contributed by atoms with Gasteiger partial charge in [0.15, 0.2) is 5.78 Å². The summed E-state index contributed by atoms with van der Waals surface area (Å²) < 4.78 is 33.8. The van der Waals surface area contributed by atoms with Crippen LogP contribution in [0.3, 0.4) is 0 Å². The maximum absolute atomic E-state index is 12.8. The number of aliphatic hydroxyl groups excluding tert-OH is 1. The Labute approximate surface area is 193 Å². The van der Waals surface area contributed by atoms with Crippen molar-refractivity contribution in [1.29, 1.82) is 0 Å². The van der Waals surface area contributed by atoms with Gasteiger partial charge < -0.3 is 9.84 Å². The van der Waals surface area contributed by atoms with E-state index in [1.165, 1.54) is 0 Å². The average molecular weight is 465 g/mol. The minimum absolute atomic E-state index is 0.0330. The molecular weight excluding hydrogens is 440 g/mol. The summed E-state index contributed by atoms with van der Waals surface area (Å²) in [6, 6.07) is 23.7. The van der Waals surface area contributed by atoms with E-state index in [2.05, 4.69) is 0 Å². The van der Waals surface area contributed by atoms with E-state index in [4.69, 9.17) is 4.74 Å². The molecule has 33 heavy (non-hydrogen) atoms. The van der Waals surface area contributed by atoms with Gasteiger partial charge in [0, 0.05) is 11.5 Å². The Morgan fingerprint density at radius 2 is 1.67 bits per heavy atom. The van der Waals surface area contributed by atoms with Crippen LogP contribution in [0.4, 0.5) is 5.69 Å². The molecule has 1 aliphatic rings. The number of ether oxygens (including phenoxy) is 1. The minimum Gasteiger partial charge on any atom is -0.493 e. The van der Waals surface area contributed by atoms with Gasteiger partial charge in [0.25, 0.3) is 0 Å². The van der Waals surface area contributed by atoms with Crippen LogP contribution in [0.15, 0.2) is 90.9 Å². The van der Waals surface area contributed by atoms with Crippen molar-refractivity contribution in [2.24, 2.45) is 5.92 Å². The van der Waals surface area contributed by atoms with E-state index in [-0.39, 0.29) is 24.0 Å². The molecule has 0 saturated heterocycles. The number of Topliss-reactive ketones (excluding diaryl/α,β-unsaturated/α-hetero) is 1. The Bertz CT molecular complexity index is 1270. The third-order valence-corrected chi connectivity index (χ3v) is 6.57. The Balaban J connectivity index is 1.62. The van der Waals surface area contributed by atoms with E-state index < -0.39 is 16.1 Å². The molecule has 0 fully saturated rings. The zero-order chi connectivity index (χ0) is 23.4. The first-order valence-electron chi connectivity index (χ1n) is 10.5. The molecule has 0 radical (unpaired) electrons. The molecule has 8 heteroatoms. The van der Waals surface area contributed by atoms with E-state index >= 15 is 0 Å². The fourth-order valence-corrected chi connectivity index (χ4v) is 4.70. The molecule has 7 nitrogen and oxygen atoms in total. The van der Waals surface area contributed by atoms with Crippen molar-refractivity contribution < 1.29 is 23.1 Å². The highest BCUT2D eigenvalue weighted by Gasteiger charge is 2.31. The molecule has 1 aliphatic heterocycles. The van der Waals surface area contributed by atoms with Crippen molar-refractivity contribution in [2.45, 2.75) is 20.0 Å². The van der Waals surface area contributed by atoms with E-state index in [1.807, 2.05) is 60.2 Å². The largest absolute Gasteiger partial charge is 0.493 e. The van der Waals surface area contributed by atoms with Gasteiger partial charge in [0.05, 0.1) is 6.20 Å². The smallest absolute Gasteiger partial charge is 0.330 e. The highest BCUT2D eigenvalue weighted by atomic mass is 32.2. The highest BCUT2D eigenvalue weighted by Crippen LogP contribution is 2.35. The summed E-state index contributed by atoms with van der Waals surface area (Å²) >= 11 is 0. The molecule has 170 valence electrons. The summed E-state index contributed by atoms with van der Waals surface area (Å²) in [5.74, 6) is -0.394. The van der Waals surface area contributed by atoms with Crippen molar-refractivity contribution in [1.82, 2.24) is 4.72 Å². The molecule has 2 N–H and O–H groups in total. The first-order valence-corrected chi connectivity index (χ1v) is 11.9. The number of benzene rings is 3. The second-order valence-electron chi connectivity index (χ2n) is 7.83. The molecule has 1 heterocycles. The third kappa shape index (κ3) is 5.18. The van der Waals surface area contributed by atoms with Gasteiger partial charge in [-0.2, -0.15) is 8.42 Å². The summed E-state index contributed by atoms with van der Waals surface area (Å²) in [6.45, 7) is 2.09. The molecule has 0 spiro atoms. The number of nitrogens with zero attached hydrogens (tertiary/aromatic N) is 1. The first-order chi connectivity index (χ1) is 15.8. The molecule has 3 aromatic rings. The molecule has 1 unspecified atom stereocenters. The van der Waals surface area contributed by atoms with Crippen molar-refractivity contribution in [3.05, 3.63) is 108 Å². The standard InChI is InChI=1S/C25H24N2O5S/c1-18(25(29)21-10-6-3-7-11-21)14-20-12-13-22(27-16-24(28)26-33(27,30)31)23(15-20)32-17-19-8-4-2-5-9-19/h2-13,15-16,18,26,28H,14,17H2,1H3. The van der Waals surface area contributed by atoms with Crippen LogP contribution in [0.25, 0.3) is 0 Å². The van der Waals surface area contributed by atoms with Gasteiger partial charge in [-0.25, -0.2) is 9.03 Å². The zero-order valence-electron chi connectivity index (χ0n) is 18.0. The second-order valence-corrected chi connectivity index (χ2v) is 9.38. The molecule has 1 atom stereocenters. The SMILES string of the molecule is CC(Cc1ccc(N2C=C(O)NS2(=O)=O)c(OCc2ccccc2)c1)C(=O)c1ccccc1. The average Bonchev–Trinajstić information content (AvgIpc) is 3.10. The van der Waals surface area contributed by atoms with Crippen LogP contribution in [-0.4, -0.2) is 19.3 Å². The van der Waals surface area contributed by atoms with Gasteiger partial charge >= 0.3 is 10.2 Å². The molecule has 0 aromatic heterocycles. The quantitative estimate of drug-likeness (QED) is 0.484. The molecular formula is C25H24N2O5S. The monoisotopic (exact) mass is 464 g/mol. The van der Waals surface area contributed by atoms with Crippen LogP contribution < -0.4 is 13.8 Å². The lowest BCUT2D eigenvalue weighted by atomic mass is 9.93. The molecule has 3 aromatic carbocycles. The maximum Gasteiger partial charge on any atom is 0.330 e. The van der Waals surface area contributed by atoms with Gasteiger partial charge in [-0.05, 0) is 29.7 Å². The number of aliphatic hydroxyl groups is 1. The number of anilines is 1. The topological polar surface area (TPSA) is 95.9 Å². The summed E-state index contributed by atoms with van der Waals surface area (Å²) in [5, 5.41) is 9.69. The fourth-order valence-electron chi connectivity index (χ4n) is 3.64. The van der Waals surface area contributed by atoms with Crippen LogP contribution in [0, 0.1) is 5.92 Å². The molecule has 0 amide bonds. The van der Waals surface area contributed by atoms with Gasteiger partial charge in [-0.1, -0.05) is 73.7 Å². The van der Waals surface area contributed by atoms with E-state index in [0.29, 0.717) is 17.7 Å². The minimum atomic E-state index is -3.97. The normalized spacial score (nSPS) is 15.4. The number of nitrogens with one attached hydrogen (secondary N) is 1. The molecule has 0 bridgehead atoms. The summed E-state index contributed by atoms with van der Waals surface area (Å²) in [7, 11) is -3.97. The van der Waals surface area contributed by atoms with Crippen molar-refractivity contribution >= 4 is 21.7 Å². The molecule has 0 saturated carbocycles. The molecule has 4 rings (SSSR count). The number of hydrogen-bond donors (Lipinski definition) is 2. The van der Waals surface area contributed by atoms with Crippen molar-refractivity contribution in [3.63, 3.8) is 0 Å². The van der Waals surface area contributed by atoms with Crippen molar-refractivity contribution in [2.75, 3.05) is 4.31 Å². The third-order valence-electron chi connectivity index (χ3n) is 5.28. The van der Waals surface area contributed by atoms with Crippen LogP contribution in [-0.2, 0) is 23.2 Å². The van der Waals surface area contributed by atoms with Crippen LogP contribution in [0.5, 0.6) is 5.75 Å². The van der Waals surface area contributed by atoms with Gasteiger partial charge in [0.1, 0.15) is 18.0 Å². The lowest BCUT2D eigenvalue weighted by Gasteiger charge is -2.20. The zero-order valence-corrected chi connectivity index (χ0v) is 18.8. The number of carbonyl (C=O) groups is 1. The van der Waals surface area contributed by atoms with Crippen molar-refractivity contribution in [3.8, 4) is 5.75 Å². The fraction of sp³-hybridized carbons (Fsp3) is 0.160. The Kier molecular flexibility index (Phi) is 6.37. The number of carbonyl (C=O) groups excluding carboxylic acids is 1. The lowest BCUT2D eigenvalue weighted by molar-refractivity contribution is 0.0929. The van der Waals surface area contributed by atoms with E-state index in [0.717, 1.165) is 21.6 Å². The lowest BCUT2D eigenvalue weighted by Crippen LogP contribution is -2.30. The summed E-state index contributed by atoms with van der Waals surface area (Å²) in [4.78, 5) is 12.8. The van der Waals surface area contributed by atoms with E-state index in [9.17, 15) is 18.3 Å². The van der Waals surface area contributed by atoms with E-state index in [1.54, 1.807) is 30.3 Å². The highest BCUT2D eigenvalue weighted by molar-refractivity contribution is 7.91. The van der Waals surface area contributed by atoms with Crippen LogP contribution >= 0.6 is 0 Å². The summed E-state index contributed by atoms with van der Waals surface area (Å²) in [6.07, 6.45) is 1.54.